The van der Waals surface area contributed by atoms with Crippen LogP contribution >= 0.6 is 0 Å². The SMILES string of the molecule is C=Cc1ccc(S(=O)(=O)OCC(C)(C)C)cc1. The van der Waals surface area contributed by atoms with Crippen LogP contribution in [0.1, 0.15) is 26.3 Å². The molecule has 0 bridgehead atoms. The maximum Gasteiger partial charge on any atom is 0.296 e. The molecule has 0 aliphatic rings. The third kappa shape index (κ3) is 4.32. The summed E-state index contributed by atoms with van der Waals surface area (Å²) in [5, 5.41) is 0. The first-order valence-electron chi connectivity index (χ1n) is 5.36. The van der Waals surface area contributed by atoms with Crippen LogP contribution in [0.15, 0.2) is 35.7 Å². The van der Waals surface area contributed by atoms with Crippen LogP contribution < -0.4 is 0 Å². The lowest BCUT2D eigenvalue weighted by Gasteiger charge is -2.17. The first-order valence-corrected chi connectivity index (χ1v) is 6.77. The predicted molar refractivity (Wildman–Crippen MR) is 69.1 cm³/mol. The molecule has 0 N–H and O–H groups in total. The van der Waals surface area contributed by atoms with Gasteiger partial charge in [0.25, 0.3) is 10.1 Å². The largest absolute Gasteiger partial charge is 0.296 e. The van der Waals surface area contributed by atoms with Crippen molar-refractivity contribution in [3.8, 4) is 0 Å². The van der Waals surface area contributed by atoms with Crippen LogP contribution in [0.5, 0.6) is 0 Å². The number of hydrogen-bond donors (Lipinski definition) is 0. The summed E-state index contributed by atoms with van der Waals surface area (Å²) in [7, 11) is -3.65. The second kappa shape index (κ2) is 5.02. The molecule has 0 spiro atoms. The van der Waals surface area contributed by atoms with E-state index in [2.05, 4.69) is 6.58 Å². The summed E-state index contributed by atoms with van der Waals surface area (Å²) in [5.74, 6) is 0. The lowest BCUT2D eigenvalue weighted by molar-refractivity contribution is 0.203. The summed E-state index contributed by atoms with van der Waals surface area (Å²) in [6.07, 6.45) is 1.66. The molecule has 0 aliphatic heterocycles. The highest BCUT2D eigenvalue weighted by Crippen LogP contribution is 2.19. The van der Waals surface area contributed by atoms with Crippen molar-refractivity contribution in [3.63, 3.8) is 0 Å². The highest BCUT2D eigenvalue weighted by molar-refractivity contribution is 7.86. The summed E-state index contributed by atoms with van der Waals surface area (Å²) in [6.45, 7) is 9.54. The van der Waals surface area contributed by atoms with Gasteiger partial charge in [-0.25, -0.2) is 0 Å². The van der Waals surface area contributed by atoms with Gasteiger partial charge in [0.05, 0.1) is 11.5 Å². The highest BCUT2D eigenvalue weighted by atomic mass is 32.2. The maximum atomic E-state index is 11.8. The topological polar surface area (TPSA) is 43.4 Å². The zero-order valence-corrected chi connectivity index (χ0v) is 11.3. The minimum absolute atomic E-state index is 0.165. The Hall–Kier alpha value is -1.13. The first-order chi connectivity index (χ1) is 7.74. The fraction of sp³-hybridized carbons (Fsp3) is 0.385. The number of benzene rings is 1. The minimum atomic E-state index is -3.65. The predicted octanol–water partition coefficient (Wildman–Crippen LogP) is 3.08. The van der Waals surface area contributed by atoms with E-state index in [0.717, 1.165) is 5.56 Å². The van der Waals surface area contributed by atoms with Crippen LogP contribution in [-0.4, -0.2) is 15.0 Å². The van der Waals surface area contributed by atoms with Crippen molar-refractivity contribution in [2.24, 2.45) is 5.41 Å². The summed E-state index contributed by atoms with van der Waals surface area (Å²) in [5.41, 5.74) is 0.688. The van der Waals surface area contributed by atoms with Gasteiger partial charge in [-0.3, -0.25) is 4.18 Å². The average Bonchev–Trinajstić information content (AvgIpc) is 2.26. The van der Waals surface area contributed by atoms with Crippen LogP contribution in [0.25, 0.3) is 6.08 Å². The van der Waals surface area contributed by atoms with Crippen LogP contribution in [0, 0.1) is 5.41 Å². The first kappa shape index (κ1) is 13.9. The van der Waals surface area contributed by atoms with Gasteiger partial charge in [0.2, 0.25) is 0 Å². The minimum Gasteiger partial charge on any atom is -0.266 e. The molecule has 0 atom stereocenters. The second-order valence-corrected chi connectivity index (χ2v) is 6.67. The van der Waals surface area contributed by atoms with Crippen LogP contribution in [0.4, 0.5) is 0 Å². The van der Waals surface area contributed by atoms with Crippen molar-refractivity contribution in [2.75, 3.05) is 6.61 Å². The van der Waals surface area contributed by atoms with Crippen molar-refractivity contribution in [1.82, 2.24) is 0 Å². The Morgan fingerprint density at radius 3 is 2.18 bits per heavy atom. The van der Waals surface area contributed by atoms with Crippen molar-refractivity contribution >= 4 is 16.2 Å². The van der Waals surface area contributed by atoms with Crippen molar-refractivity contribution in [1.29, 1.82) is 0 Å². The fourth-order valence-corrected chi connectivity index (χ4v) is 2.21. The Kier molecular flexibility index (Phi) is 4.11. The van der Waals surface area contributed by atoms with E-state index in [1.807, 2.05) is 20.8 Å². The zero-order valence-electron chi connectivity index (χ0n) is 10.4. The lowest BCUT2D eigenvalue weighted by atomic mass is 9.99. The molecule has 17 heavy (non-hydrogen) atoms. The molecule has 3 nitrogen and oxygen atoms in total. The Balaban J connectivity index is 2.86. The molecule has 0 radical (unpaired) electrons. The summed E-state index contributed by atoms with van der Waals surface area (Å²) < 4.78 is 28.7. The molecule has 0 fully saturated rings. The van der Waals surface area contributed by atoms with Crippen LogP contribution in [0.3, 0.4) is 0 Å². The Morgan fingerprint density at radius 1 is 1.24 bits per heavy atom. The van der Waals surface area contributed by atoms with Crippen LogP contribution in [0.2, 0.25) is 0 Å². The number of rotatable bonds is 4. The van der Waals surface area contributed by atoms with Gasteiger partial charge in [0.1, 0.15) is 0 Å². The molecule has 0 heterocycles. The van der Waals surface area contributed by atoms with E-state index in [-0.39, 0.29) is 16.9 Å². The molecule has 0 aliphatic carbocycles. The standard InChI is InChI=1S/C13H18O3S/c1-5-11-6-8-12(9-7-11)17(14,15)16-10-13(2,3)4/h5-9H,1,10H2,2-4H3. The normalized spacial score (nSPS) is 12.4. The maximum absolute atomic E-state index is 11.8. The molecule has 0 aromatic heterocycles. The van der Waals surface area contributed by atoms with E-state index in [1.54, 1.807) is 18.2 Å². The highest BCUT2D eigenvalue weighted by Gasteiger charge is 2.19. The summed E-state index contributed by atoms with van der Waals surface area (Å²) in [6, 6.07) is 6.44. The number of hydrogen-bond acceptors (Lipinski definition) is 3. The monoisotopic (exact) mass is 254 g/mol. The van der Waals surface area contributed by atoms with E-state index < -0.39 is 10.1 Å². The van der Waals surface area contributed by atoms with Gasteiger partial charge in [-0.15, -0.1) is 0 Å². The molecule has 0 saturated heterocycles. The molecule has 0 saturated carbocycles. The van der Waals surface area contributed by atoms with E-state index in [9.17, 15) is 8.42 Å². The van der Waals surface area contributed by atoms with E-state index in [0.29, 0.717) is 0 Å². The van der Waals surface area contributed by atoms with Crippen molar-refractivity contribution in [3.05, 3.63) is 36.4 Å². The van der Waals surface area contributed by atoms with Crippen molar-refractivity contribution in [2.45, 2.75) is 25.7 Å². The molecule has 1 aromatic rings. The lowest BCUT2D eigenvalue weighted by Crippen LogP contribution is -2.18. The molecule has 0 unspecified atom stereocenters. The molecule has 1 rings (SSSR count). The summed E-state index contributed by atoms with van der Waals surface area (Å²) >= 11 is 0. The van der Waals surface area contributed by atoms with E-state index >= 15 is 0 Å². The zero-order chi connectivity index (χ0) is 13.1. The Labute approximate surface area is 103 Å². The van der Waals surface area contributed by atoms with Gasteiger partial charge in [-0.2, -0.15) is 8.42 Å². The van der Waals surface area contributed by atoms with Gasteiger partial charge < -0.3 is 0 Å². The summed E-state index contributed by atoms with van der Waals surface area (Å²) in [4.78, 5) is 0.173. The van der Waals surface area contributed by atoms with Crippen LogP contribution in [-0.2, 0) is 14.3 Å². The average molecular weight is 254 g/mol. The second-order valence-electron chi connectivity index (χ2n) is 5.05. The molecule has 0 amide bonds. The smallest absolute Gasteiger partial charge is 0.266 e. The molecule has 1 aromatic carbocycles. The Bertz CT molecular complexity index is 478. The molecule has 4 heteroatoms. The third-order valence-electron chi connectivity index (χ3n) is 2.05. The third-order valence-corrected chi connectivity index (χ3v) is 3.33. The van der Waals surface area contributed by atoms with Gasteiger partial charge in [0, 0.05) is 0 Å². The fourth-order valence-electron chi connectivity index (χ4n) is 1.09. The molecular weight excluding hydrogens is 236 g/mol. The van der Waals surface area contributed by atoms with E-state index in [1.165, 1.54) is 12.1 Å². The quantitative estimate of drug-likeness (QED) is 0.775. The molecular formula is C13H18O3S. The van der Waals surface area contributed by atoms with Gasteiger partial charge in [-0.05, 0) is 23.1 Å². The van der Waals surface area contributed by atoms with Crippen molar-refractivity contribution < 1.29 is 12.6 Å². The molecule has 94 valence electrons. The Morgan fingerprint density at radius 2 is 1.76 bits per heavy atom. The van der Waals surface area contributed by atoms with E-state index in [4.69, 9.17) is 4.18 Å². The van der Waals surface area contributed by atoms with Gasteiger partial charge >= 0.3 is 0 Å². The van der Waals surface area contributed by atoms with Gasteiger partial charge in [-0.1, -0.05) is 45.6 Å². The van der Waals surface area contributed by atoms with Gasteiger partial charge in [0.15, 0.2) is 0 Å².